The van der Waals surface area contributed by atoms with Crippen LogP contribution in [0, 0.1) is 5.41 Å². The molecule has 12 heavy (non-hydrogen) atoms. The minimum Gasteiger partial charge on any atom is -0.396 e. The maximum absolute atomic E-state index is 11.3. The molecule has 1 atom stereocenters. The van der Waals surface area contributed by atoms with Gasteiger partial charge in [-0.25, -0.2) is 0 Å². The van der Waals surface area contributed by atoms with Crippen molar-refractivity contribution in [1.29, 1.82) is 0 Å². The average molecular weight is 174 g/mol. The van der Waals surface area contributed by atoms with Gasteiger partial charge in [0.25, 0.3) is 0 Å². The van der Waals surface area contributed by atoms with E-state index in [2.05, 4.69) is 0 Å². The van der Waals surface area contributed by atoms with Crippen LogP contribution in [0.3, 0.4) is 0 Å². The van der Waals surface area contributed by atoms with Crippen molar-refractivity contribution in [2.24, 2.45) is 5.41 Å². The Morgan fingerprint density at radius 2 is 2.00 bits per heavy atom. The highest BCUT2D eigenvalue weighted by atomic mass is 16.3. The van der Waals surface area contributed by atoms with Gasteiger partial charge in [0.15, 0.2) is 0 Å². The Hall–Kier alpha value is -0.410. The lowest BCUT2D eigenvalue weighted by molar-refractivity contribution is -0.133. The first-order chi connectivity index (χ1) is 5.46. The van der Waals surface area contributed by atoms with Crippen LogP contribution in [0.15, 0.2) is 0 Å². The van der Waals surface area contributed by atoms with Gasteiger partial charge in [-0.05, 0) is 6.42 Å². The quantitative estimate of drug-likeness (QED) is 0.646. The zero-order valence-electron chi connectivity index (χ0n) is 8.00. The maximum atomic E-state index is 11.3. The van der Waals surface area contributed by atoms with Gasteiger partial charge in [0, 0.05) is 18.4 Å². The van der Waals surface area contributed by atoms with Crippen molar-refractivity contribution < 1.29 is 15.0 Å². The molecule has 3 heteroatoms. The molecule has 0 bridgehead atoms. The zero-order valence-corrected chi connectivity index (χ0v) is 8.00. The topological polar surface area (TPSA) is 57.5 Å². The molecule has 0 radical (unpaired) electrons. The SMILES string of the molecule is CCC(=O)C(C)(C)C(O)CCO. The highest BCUT2D eigenvalue weighted by Gasteiger charge is 2.33. The van der Waals surface area contributed by atoms with Gasteiger partial charge < -0.3 is 10.2 Å². The van der Waals surface area contributed by atoms with Crippen molar-refractivity contribution in [3.05, 3.63) is 0 Å². The van der Waals surface area contributed by atoms with Gasteiger partial charge in [-0.15, -0.1) is 0 Å². The van der Waals surface area contributed by atoms with E-state index < -0.39 is 11.5 Å². The Kier molecular flexibility index (Phi) is 4.42. The number of rotatable bonds is 5. The molecule has 0 aromatic carbocycles. The van der Waals surface area contributed by atoms with E-state index >= 15 is 0 Å². The predicted molar refractivity (Wildman–Crippen MR) is 46.8 cm³/mol. The fourth-order valence-corrected chi connectivity index (χ4v) is 1.12. The molecular formula is C9H18O3. The van der Waals surface area contributed by atoms with Crippen molar-refractivity contribution in [2.75, 3.05) is 6.61 Å². The first-order valence-corrected chi connectivity index (χ1v) is 4.29. The lowest BCUT2D eigenvalue weighted by Crippen LogP contribution is -2.37. The summed E-state index contributed by atoms with van der Waals surface area (Å²) in [4.78, 5) is 11.3. The molecule has 3 nitrogen and oxygen atoms in total. The first-order valence-electron chi connectivity index (χ1n) is 4.29. The molecule has 0 aromatic rings. The fourth-order valence-electron chi connectivity index (χ4n) is 1.12. The molecule has 1 unspecified atom stereocenters. The number of hydrogen-bond acceptors (Lipinski definition) is 3. The number of hydrogen-bond donors (Lipinski definition) is 2. The van der Waals surface area contributed by atoms with E-state index in [-0.39, 0.29) is 18.8 Å². The van der Waals surface area contributed by atoms with Gasteiger partial charge in [-0.1, -0.05) is 20.8 Å². The molecule has 0 rings (SSSR count). The highest BCUT2D eigenvalue weighted by molar-refractivity contribution is 5.84. The molecule has 0 aliphatic rings. The third-order valence-corrected chi connectivity index (χ3v) is 2.28. The number of carbonyl (C=O) groups is 1. The second-order valence-electron chi connectivity index (χ2n) is 3.53. The Labute approximate surface area is 73.4 Å². The third-order valence-electron chi connectivity index (χ3n) is 2.28. The molecule has 0 amide bonds. The van der Waals surface area contributed by atoms with Crippen molar-refractivity contribution in [3.8, 4) is 0 Å². The summed E-state index contributed by atoms with van der Waals surface area (Å²) in [5.41, 5.74) is -0.725. The molecule has 0 saturated carbocycles. The first kappa shape index (κ1) is 11.6. The summed E-state index contributed by atoms with van der Waals surface area (Å²) >= 11 is 0. The summed E-state index contributed by atoms with van der Waals surface area (Å²) < 4.78 is 0. The van der Waals surface area contributed by atoms with Gasteiger partial charge >= 0.3 is 0 Å². The van der Waals surface area contributed by atoms with E-state index in [1.165, 1.54) is 0 Å². The van der Waals surface area contributed by atoms with Crippen molar-refractivity contribution in [2.45, 2.75) is 39.7 Å². The minimum atomic E-state index is -0.741. The largest absolute Gasteiger partial charge is 0.396 e. The second kappa shape index (κ2) is 4.58. The van der Waals surface area contributed by atoms with Crippen LogP contribution in [0.1, 0.15) is 33.6 Å². The summed E-state index contributed by atoms with van der Waals surface area (Å²) in [6.45, 7) is 5.11. The molecule has 0 heterocycles. The van der Waals surface area contributed by atoms with Crippen LogP contribution in [-0.2, 0) is 4.79 Å². The zero-order chi connectivity index (χ0) is 9.78. The number of aliphatic hydroxyl groups excluding tert-OH is 2. The Bertz CT molecular complexity index is 152. The standard InChI is InChI=1S/C9H18O3/c1-4-7(11)9(2,3)8(12)5-6-10/h8,10,12H,4-6H2,1-3H3. The Morgan fingerprint density at radius 1 is 1.50 bits per heavy atom. The van der Waals surface area contributed by atoms with E-state index in [1.807, 2.05) is 0 Å². The summed E-state index contributed by atoms with van der Waals surface area (Å²) in [6.07, 6.45) is -0.0521. The predicted octanol–water partition coefficient (Wildman–Crippen LogP) is 0.735. The lowest BCUT2D eigenvalue weighted by Gasteiger charge is -2.28. The fraction of sp³-hybridized carbons (Fsp3) is 0.889. The van der Waals surface area contributed by atoms with Crippen molar-refractivity contribution in [1.82, 2.24) is 0 Å². The summed E-state index contributed by atoms with van der Waals surface area (Å²) in [6, 6.07) is 0. The van der Waals surface area contributed by atoms with E-state index in [0.29, 0.717) is 6.42 Å². The van der Waals surface area contributed by atoms with Crippen LogP contribution in [-0.4, -0.2) is 28.7 Å². The number of aliphatic hydroxyl groups is 2. The van der Waals surface area contributed by atoms with Crippen molar-refractivity contribution >= 4 is 5.78 Å². The molecule has 0 aliphatic carbocycles. The highest BCUT2D eigenvalue weighted by Crippen LogP contribution is 2.25. The third kappa shape index (κ3) is 2.57. The Morgan fingerprint density at radius 3 is 2.33 bits per heavy atom. The maximum Gasteiger partial charge on any atom is 0.140 e. The van der Waals surface area contributed by atoms with Crippen LogP contribution >= 0.6 is 0 Å². The van der Waals surface area contributed by atoms with Gasteiger partial charge in [-0.3, -0.25) is 4.79 Å². The van der Waals surface area contributed by atoms with E-state index in [1.54, 1.807) is 20.8 Å². The van der Waals surface area contributed by atoms with Gasteiger partial charge in [0.05, 0.1) is 6.10 Å². The smallest absolute Gasteiger partial charge is 0.140 e. The van der Waals surface area contributed by atoms with Crippen LogP contribution in [0.2, 0.25) is 0 Å². The van der Waals surface area contributed by atoms with Crippen molar-refractivity contribution in [3.63, 3.8) is 0 Å². The van der Waals surface area contributed by atoms with E-state index in [4.69, 9.17) is 5.11 Å². The minimum absolute atomic E-state index is 0.0310. The van der Waals surface area contributed by atoms with Gasteiger partial charge in [-0.2, -0.15) is 0 Å². The number of Topliss-reactive ketones (excluding diaryl/α,β-unsaturated/α-hetero) is 1. The van der Waals surface area contributed by atoms with Crippen LogP contribution in [0.25, 0.3) is 0 Å². The van der Waals surface area contributed by atoms with Gasteiger partial charge in [0.1, 0.15) is 5.78 Å². The van der Waals surface area contributed by atoms with E-state index in [9.17, 15) is 9.90 Å². The van der Waals surface area contributed by atoms with E-state index in [0.717, 1.165) is 0 Å². The van der Waals surface area contributed by atoms with Gasteiger partial charge in [0.2, 0.25) is 0 Å². The van der Waals surface area contributed by atoms with Crippen LogP contribution in [0.5, 0.6) is 0 Å². The molecule has 0 fully saturated rings. The van der Waals surface area contributed by atoms with Crippen LogP contribution in [0.4, 0.5) is 0 Å². The van der Waals surface area contributed by atoms with Crippen LogP contribution < -0.4 is 0 Å². The average Bonchev–Trinajstić information content (AvgIpc) is 2.03. The number of carbonyl (C=O) groups excluding carboxylic acids is 1. The molecule has 0 aliphatic heterocycles. The number of ketones is 1. The molecular weight excluding hydrogens is 156 g/mol. The Balaban J connectivity index is 4.26. The summed E-state index contributed by atoms with van der Waals surface area (Å²) in [7, 11) is 0. The monoisotopic (exact) mass is 174 g/mol. The molecule has 0 spiro atoms. The lowest BCUT2D eigenvalue weighted by atomic mass is 9.80. The molecule has 72 valence electrons. The summed E-state index contributed by atoms with van der Waals surface area (Å²) in [5, 5.41) is 18.1. The normalized spacial score (nSPS) is 14.4. The molecule has 0 saturated heterocycles. The molecule has 2 N–H and O–H groups in total. The summed E-state index contributed by atoms with van der Waals surface area (Å²) in [5.74, 6) is 0.0310. The molecule has 0 aromatic heterocycles. The second-order valence-corrected chi connectivity index (χ2v) is 3.53.